The topological polar surface area (TPSA) is 71.2 Å². The van der Waals surface area contributed by atoms with Crippen molar-refractivity contribution in [2.45, 2.75) is 26.2 Å². The molecular formula is C19H20N4O2. The van der Waals surface area contributed by atoms with Gasteiger partial charge < -0.3 is 10.0 Å². The zero-order valence-corrected chi connectivity index (χ0v) is 14.1. The first kappa shape index (κ1) is 15.6. The summed E-state index contributed by atoms with van der Waals surface area (Å²) >= 11 is 0. The van der Waals surface area contributed by atoms with E-state index in [4.69, 9.17) is 0 Å². The molecule has 3 aromatic rings. The minimum atomic E-state index is -1.02. The van der Waals surface area contributed by atoms with Crippen molar-refractivity contribution >= 4 is 22.7 Å². The second-order valence-corrected chi connectivity index (χ2v) is 6.41. The normalized spacial score (nSPS) is 14.8. The van der Waals surface area contributed by atoms with Crippen molar-refractivity contribution in [1.29, 1.82) is 0 Å². The van der Waals surface area contributed by atoms with Crippen LogP contribution in [0.5, 0.6) is 0 Å². The van der Waals surface area contributed by atoms with E-state index in [-0.39, 0.29) is 5.69 Å². The predicted octanol–water partition coefficient (Wildman–Crippen LogP) is 3.42. The van der Waals surface area contributed by atoms with Gasteiger partial charge in [-0.2, -0.15) is 5.10 Å². The molecule has 1 fully saturated rings. The SMILES string of the molecule is Cc1nn(-c2ccccc2)c2nc(C(=O)O)cc(N3CCCCC3)c12. The number of rotatable bonds is 3. The van der Waals surface area contributed by atoms with Crippen LogP contribution in [0.4, 0.5) is 5.69 Å². The Kier molecular flexibility index (Phi) is 3.87. The first-order valence-corrected chi connectivity index (χ1v) is 8.59. The summed E-state index contributed by atoms with van der Waals surface area (Å²) in [5.74, 6) is -1.02. The Labute approximate surface area is 145 Å². The number of carbonyl (C=O) groups is 1. The number of hydrogen-bond donors (Lipinski definition) is 1. The number of carboxylic acid groups (broad SMARTS) is 1. The van der Waals surface area contributed by atoms with E-state index >= 15 is 0 Å². The molecule has 3 heterocycles. The van der Waals surface area contributed by atoms with Crippen molar-refractivity contribution in [3.05, 3.63) is 47.8 Å². The van der Waals surface area contributed by atoms with Crippen LogP contribution >= 0.6 is 0 Å². The zero-order valence-electron chi connectivity index (χ0n) is 14.1. The van der Waals surface area contributed by atoms with E-state index in [0.29, 0.717) is 5.65 Å². The fraction of sp³-hybridized carbons (Fsp3) is 0.316. The predicted molar refractivity (Wildman–Crippen MR) is 96.6 cm³/mol. The zero-order chi connectivity index (χ0) is 17.4. The number of carboxylic acids is 1. The molecule has 0 bridgehead atoms. The van der Waals surface area contributed by atoms with Crippen LogP contribution < -0.4 is 4.90 Å². The molecule has 6 nitrogen and oxygen atoms in total. The summed E-state index contributed by atoms with van der Waals surface area (Å²) in [5, 5.41) is 15.1. The lowest BCUT2D eigenvalue weighted by atomic mass is 10.1. The van der Waals surface area contributed by atoms with Gasteiger partial charge in [0.15, 0.2) is 11.3 Å². The third-order valence-electron chi connectivity index (χ3n) is 4.71. The molecule has 4 rings (SSSR count). The van der Waals surface area contributed by atoms with Crippen molar-refractivity contribution in [2.75, 3.05) is 18.0 Å². The molecule has 0 radical (unpaired) electrons. The van der Waals surface area contributed by atoms with Gasteiger partial charge in [-0.15, -0.1) is 0 Å². The first-order valence-electron chi connectivity index (χ1n) is 8.59. The number of hydrogen-bond acceptors (Lipinski definition) is 4. The van der Waals surface area contributed by atoms with Crippen molar-refractivity contribution in [3.63, 3.8) is 0 Å². The molecule has 0 aliphatic carbocycles. The standard InChI is InChI=1S/C19H20N4O2/c1-13-17-16(22-10-6-3-7-11-22)12-15(19(24)25)20-18(17)23(21-13)14-8-4-2-5-9-14/h2,4-5,8-9,12H,3,6-7,10-11H2,1H3,(H,24,25). The highest BCUT2D eigenvalue weighted by atomic mass is 16.4. The number of aromatic carboxylic acids is 1. The Bertz CT molecular complexity index is 927. The van der Waals surface area contributed by atoms with Crippen LogP contribution in [-0.2, 0) is 0 Å². The highest BCUT2D eigenvalue weighted by Crippen LogP contribution is 2.32. The van der Waals surface area contributed by atoms with Crippen LogP contribution in [-0.4, -0.2) is 38.9 Å². The van der Waals surface area contributed by atoms with Crippen molar-refractivity contribution < 1.29 is 9.90 Å². The average Bonchev–Trinajstić information content (AvgIpc) is 2.99. The summed E-state index contributed by atoms with van der Waals surface area (Å²) in [7, 11) is 0. The third kappa shape index (κ3) is 2.73. The number of fused-ring (bicyclic) bond motifs is 1. The maximum Gasteiger partial charge on any atom is 0.354 e. The molecule has 6 heteroatoms. The number of pyridine rings is 1. The molecule has 1 aliphatic rings. The van der Waals surface area contributed by atoms with Gasteiger partial charge in [-0.1, -0.05) is 18.2 Å². The smallest absolute Gasteiger partial charge is 0.354 e. The minimum absolute atomic E-state index is 0.0603. The molecule has 0 amide bonds. The number of nitrogens with zero attached hydrogens (tertiary/aromatic N) is 4. The molecule has 1 saturated heterocycles. The van der Waals surface area contributed by atoms with Crippen molar-refractivity contribution in [3.8, 4) is 5.69 Å². The molecular weight excluding hydrogens is 316 g/mol. The van der Waals surface area contributed by atoms with Gasteiger partial charge in [0.25, 0.3) is 0 Å². The lowest BCUT2D eigenvalue weighted by molar-refractivity contribution is 0.0691. The summed E-state index contributed by atoms with van der Waals surface area (Å²) < 4.78 is 1.74. The molecule has 0 atom stereocenters. The number of benzene rings is 1. The van der Waals surface area contributed by atoms with Gasteiger partial charge >= 0.3 is 5.97 Å². The minimum Gasteiger partial charge on any atom is -0.477 e. The van der Waals surface area contributed by atoms with E-state index in [9.17, 15) is 9.90 Å². The molecule has 1 aliphatic heterocycles. The van der Waals surface area contributed by atoms with Gasteiger partial charge in [0.2, 0.25) is 0 Å². The first-order chi connectivity index (χ1) is 12.1. The Balaban J connectivity index is 1.98. The Morgan fingerprint density at radius 2 is 1.84 bits per heavy atom. The number of para-hydroxylation sites is 1. The van der Waals surface area contributed by atoms with Crippen LogP contribution in [0, 0.1) is 6.92 Å². The quantitative estimate of drug-likeness (QED) is 0.793. The van der Waals surface area contributed by atoms with Gasteiger partial charge in [0.1, 0.15) is 0 Å². The number of aryl methyl sites for hydroxylation is 1. The summed E-state index contributed by atoms with van der Waals surface area (Å²) in [6.07, 6.45) is 3.47. The largest absolute Gasteiger partial charge is 0.477 e. The highest BCUT2D eigenvalue weighted by molar-refractivity contribution is 5.98. The summed E-state index contributed by atoms with van der Waals surface area (Å²) in [4.78, 5) is 18.3. The van der Waals surface area contributed by atoms with Gasteiger partial charge in [0.05, 0.1) is 22.5 Å². The summed E-state index contributed by atoms with van der Waals surface area (Å²) in [6.45, 7) is 3.83. The monoisotopic (exact) mass is 336 g/mol. The Hall–Kier alpha value is -2.89. The summed E-state index contributed by atoms with van der Waals surface area (Å²) in [5.41, 5.74) is 3.33. The number of aromatic nitrogens is 3. The van der Waals surface area contributed by atoms with E-state index in [2.05, 4.69) is 15.0 Å². The lowest BCUT2D eigenvalue weighted by Gasteiger charge is -2.29. The summed E-state index contributed by atoms with van der Waals surface area (Å²) in [6, 6.07) is 11.4. The maximum atomic E-state index is 11.6. The Morgan fingerprint density at radius 1 is 1.12 bits per heavy atom. The molecule has 1 aromatic carbocycles. The molecule has 0 unspecified atom stereocenters. The Morgan fingerprint density at radius 3 is 2.52 bits per heavy atom. The van der Waals surface area contributed by atoms with Gasteiger partial charge in [-0.05, 0) is 44.4 Å². The third-order valence-corrected chi connectivity index (χ3v) is 4.71. The molecule has 0 saturated carbocycles. The van der Waals surface area contributed by atoms with Gasteiger partial charge in [0, 0.05) is 13.1 Å². The second-order valence-electron chi connectivity index (χ2n) is 6.41. The van der Waals surface area contributed by atoms with E-state index in [1.165, 1.54) is 6.42 Å². The number of anilines is 1. The highest BCUT2D eigenvalue weighted by Gasteiger charge is 2.22. The van der Waals surface area contributed by atoms with Crippen molar-refractivity contribution in [1.82, 2.24) is 14.8 Å². The van der Waals surface area contributed by atoms with E-state index in [1.807, 2.05) is 37.3 Å². The van der Waals surface area contributed by atoms with Crippen LogP contribution in [0.1, 0.15) is 35.4 Å². The van der Waals surface area contributed by atoms with Crippen molar-refractivity contribution in [2.24, 2.45) is 0 Å². The van der Waals surface area contributed by atoms with Crippen LogP contribution in [0.15, 0.2) is 36.4 Å². The molecule has 25 heavy (non-hydrogen) atoms. The van der Waals surface area contributed by atoms with Crippen LogP contribution in [0.3, 0.4) is 0 Å². The lowest BCUT2D eigenvalue weighted by Crippen LogP contribution is -2.30. The molecule has 128 valence electrons. The molecule has 0 spiro atoms. The molecule has 2 aromatic heterocycles. The van der Waals surface area contributed by atoms with E-state index in [0.717, 1.165) is 48.4 Å². The average molecular weight is 336 g/mol. The maximum absolute atomic E-state index is 11.6. The van der Waals surface area contributed by atoms with E-state index < -0.39 is 5.97 Å². The molecule has 1 N–H and O–H groups in total. The van der Waals surface area contributed by atoms with Crippen LogP contribution in [0.25, 0.3) is 16.7 Å². The van der Waals surface area contributed by atoms with Gasteiger partial charge in [-0.3, -0.25) is 0 Å². The fourth-order valence-electron chi connectivity index (χ4n) is 3.51. The van der Waals surface area contributed by atoms with Crippen LogP contribution in [0.2, 0.25) is 0 Å². The second kappa shape index (κ2) is 6.20. The fourth-order valence-corrected chi connectivity index (χ4v) is 3.51. The number of piperidine rings is 1. The van der Waals surface area contributed by atoms with E-state index in [1.54, 1.807) is 10.7 Å². The van der Waals surface area contributed by atoms with Gasteiger partial charge in [-0.25, -0.2) is 14.5 Å².